The van der Waals surface area contributed by atoms with Crippen molar-refractivity contribution in [2.24, 2.45) is 0 Å². The van der Waals surface area contributed by atoms with Crippen LogP contribution in [0.1, 0.15) is 19.4 Å². The van der Waals surface area contributed by atoms with E-state index in [4.69, 9.17) is 9.05 Å². The van der Waals surface area contributed by atoms with Gasteiger partial charge in [-0.2, -0.15) is 0 Å². The van der Waals surface area contributed by atoms with Gasteiger partial charge in [0.05, 0.1) is 6.61 Å². The normalized spacial score (nSPS) is 23.2. The van der Waals surface area contributed by atoms with Gasteiger partial charge in [0.15, 0.2) is 0 Å². The van der Waals surface area contributed by atoms with E-state index >= 15 is 0 Å². The van der Waals surface area contributed by atoms with Gasteiger partial charge in [-0.1, -0.05) is 19.9 Å². The summed E-state index contributed by atoms with van der Waals surface area (Å²) < 4.78 is 34.0. The molecule has 0 fully saturated rings. The Bertz CT molecular complexity index is 392. The van der Waals surface area contributed by atoms with Gasteiger partial charge in [-0.05, 0) is 6.07 Å². The highest BCUT2D eigenvalue weighted by atomic mass is 31.2. The Morgan fingerprint density at radius 1 is 1.40 bits per heavy atom. The van der Waals surface area contributed by atoms with Crippen molar-refractivity contribution in [2.75, 3.05) is 6.66 Å². The van der Waals surface area contributed by atoms with Crippen molar-refractivity contribution < 1.29 is 18.0 Å². The van der Waals surface area contributed by atoms with Gasteiger partial charge < -0.3 is 4.52 Å². The van der Waals surface area contributed by atoms with Gasteiger partial charge in [0.25, 0.3) is 0 Å². The van der Waals surface area contributed by atoms with Gasteiger partial charge in [0.2, 0.25) is 0 Å². The first kappa shape index (κ1) is 12.2. The van der Waals surface area contributed by atoms with Crippen LogP contribution in [0.25, 0.3) is 0 Å². The largest absolute Gasteiger partial charge is 0.424 e. The van der Waals surface area contributed by atoms with Crippen molar-refractivity contribution in [2.45, 2.75) is 20.5 Å². The van der Waals surface area contributed by atoms with Gasteiger partial charge >= 0.3 is 7.60 Å². The molecule has 1 aromatic carbocycles. The molecule has 1 aliphatic rings. The molecule has 0 saturated carbocycles. The molecule has 3 nitrogen and oxygen atoms in total. The van der Waals surface area contributed by atoms with Gasteiger partial charge in [-0.15, -0.1) is 0 Å². The lowest BCUT2D eigenvalue weighted by atomic mass is 10.2. The SMILES string of the molecule is CC.CP1(=O)OCc2ccc(F)cc2O1. The third-order valence-corrected chi connectivity index (χ3v) is 2.87. The zero-order chi connectivity index (χ0) is 11.5. The highest BCUT2D eigenvalue weighted by molar-refractivity contribution is 7.53. The van der Waals surface area contributed by atoms with E-state index in [1.165, 1.54) is 18.8 Å². The first-order chi connectivity index (χ1) is 7.07. The van der Waals surface area contributed by atoms with E-state index in [1.807, 2.05) is 13.8 Å². The molecular weight excluding hydrogens is 218 g/mol. The zero-order valence-corrected chi connectivity index (χ0v) is 9.88. The molecule has 1 unspecified atom stereocenters. The van der Waals surface area contributed by atoms with Crippen LogP contribution in [0.3, 0.4) is 0 Å². The molecule has 0 saturated heterocycles. The van der Waals surface area contributed by atoms with Gasteiger partial charge in [-0.3, -0.25) is 4.52 Å². The average Bonchev–Trinajstić information content (AvgIpc) is 2.19. The molecule has 0 aliphatic carbocycles. The van der Waals surface area contributed by atoms with Crippen molar-refractivity contribution in [3.63, 3.8) is 0 Å². The highest BCUT2D eigenvalue weighted by Crippen LogP contribution is 2.50. The lowest BCUT2D eigenvalue weighted by molar-refractivity contribution is 0.236. The summed E-state index contributed by atoms with van der Waals surface area (Å²) in [6.07, 6.45) is 0. The predicted molar refractivity (Wildman–Crippen MR) is 56.7 cm³/mol. The molecular formula is C10H14FO3P. The fourth-order valence-corrected chi connectivity index (χ4v) is 2.08. The molecule has 1 atom stereocenters. The summed E-state index contributed by atoms with van der Waals surface area (Å²) >= 11 is 0. The zero-order valence-electron chi connectivity index (χ0n) is 8.99. The van der Waals surface area contributed by atoms with E-state index < -0.39 is 13.4 Å². The number of benzene rings is 1. The van der Waals surface area contributed by atoms with Crippen LogP contribution in [0.5, 0.6) is 5.75 Å². The molecule has 0 bridgehead atoms. The quantitative estimate of drug-likeness (QED) is 0.641. The Morgan fingerprint density at radius 3 is 2.73 bits per heavy atom. The minimum absolute atomic E-state index is 0.212. The summed E-state index contributed by atoms with van der Waals surface area (Å²) in [4.78, 5) is 0. The number of fused-ring (bicyclic) bond motifs is 1. The molecule has 84 valence electrons. The molecule has 15 heavy (non-hydrogen) atoms. The van der Waals surface area contributed by atoms with Crippen LogP contribution < -0.4 is 4.52 Å². The van der Waals surface area contributed by atoms with Gasteiger partial charge in [0.1, 0.15) is 11.6 Å². The summed E-state index contributed by atoms with van der Waals surface area (Å²) in [6.45, 7) is 5.57. The second-order valence-corrected chi connectivity index (χ2v) is 4.87. The van der Waals surface area contributed by atoms with Gasteiger partial charge in [0, 0.05) is 18.3 Å². The van der Waals surface area contributed by atoms with Crippen molar-refractivity contribution in [1.29, 1.82) is 0 Å². The van der Waals surface area contributed by atoms with Gasteiger partial charge in [-0.25, -0.2) is 8.96 Å². The second-order valence-electron chi connectivity index (χ2n) is 2.89. The van der Waals surface area contributed by atoms with Crippen LogP contribution >= 0.6 is 7.60 Å². The summed E-state index contributed by atoms with van der Waals surface area (Å²) in [6, 6.07) is 4.09. The summed E-state index contributed by atoms with van der Waals surface area (Å²) in [5, 5.41) is 0. The number of hydrogen-bond donors (Lipinski definition) is 0. The first-order valence-electron chi connectivity index (χ1n) is 4.77. The molecule has 0 spiro atoms. The Hall–Kier alpha value is -0.860. The van der Waals surface area contributed by atoms with Crippen molar-refractivity contribution >= 4 is 7.60 Å². The van der Waals surface area contributed by atoms with Crippen LogP contribution in [0.2, 0.25) is 0 Å². The topological polar surface area (TPSA) is 35.5 Å². The van der Waals surface area contributed by atoms with Crippen molar-refractivity contribution in [3.05, 3.63) is 29.6 Å². The maximum Gasteiger partial charge on any atom is 0.376 e. The highest BCUT2D eigenvalue weighted by Gasteiger charge is 2.26. The molecule has 0 amide bonds. The monoisotopic (exact) mass is 232 g/mol. The van der Waals surface area contributed by atoms with Crippen LogP contribution in [0, 0.1) is 5.82 Å². The summed E-state index contributed by atoms with van der Waals surface area (Å²) in [5.41, 5.74) is 0.717. The van der Waals surface area contributed by atoms with E-state index in [9.17, 15) is 8.96 Å². The van der Waals surface area contributed by atoms with Crippen LogP contribution in [-0.2, 0) is 15.7 Å². The van der Waals surface area contributed by atoms with E-state index in [-0.39, 0.29) is 6.61 Å². The van der Waals surface area contributed by atoms with E-state index in [0.717, 1.165) is 5.56 Å². The fourth-order valence-electron chi connectivity index (χ4n) is 1.12. The Kier molecular flexibility index (Phi) is 3.89. The molecule has 0 N–H and O–H groups in total. The molecule has 5 heteroatoms. The molecule has 1 heterocycles. The van der Waals surface area contributed by atoms with E-state index in [1.54, 1.807) is 6.07 Å². The van der Waals surface area contributed by atoms with Crippen LogP contribution in [0.4, 0.5) is 4.39 Å². The minimum Gasteiger partial charge on any atom is -0.424 e. The number of halogens is 1. The summed E-state index contributed by atoms with van der Waals surface area (Å²) in [7, 11) is -3.01. The Morgan fingerprint density at radius 2 is 2.07 bits per heavy atom. The lowest BCUT2D eigenvalue weighted by Gasteiger charge is -2.22. The van der Waals surface area contributed by atoms with E-state index in [2.05, 4.69) is 0 Å². The standard InChI is InChI=1S/C8H8FO3P.C2H6/c1-13(10)11-5-6-2-3-7(9)4-8(6)12-13;1-2/h2-4H,5H2,1H3;1-2H3. The minimum atomic E-state index is -3.01. The third kappa shape index (κ3) is 3.05. The summed E-state index contributed by atoms with van der Waals surface area (Å²) in [5.74, 6) is -0.0854. The second kappa shape index (κ2) is 4.77. The van der Waals surface area contributed by atoms with Crippen LogP contribution in [-0.4, -0.2) is 6.66 Å². The molecule has 2 rings (SSSR count). The third-order valence-electron chi connectivity index (χ3n) is 1.75. The number of rotatable bonds is 0. The Labute approximate surface area is 88.7 Å². The number of hydrogen-bond acceptors (Lipinski definition) is 3. The lowest BCUT2D eigenvalue weighted by Crippen LogP contribution is -2.06. The molecule has 0 radical (unpaired) electrons. The maximum absolute atomic E-state index is 12.7. The Balaban J connectivity index is 0.000000531. The van der Waals surface area contributed by atoms with E-state index in [0.29, 0.717) is 5.75 Å². The molecule has 0 aromatic heterocycles. The fraction of sp³-hybridized carbons (Fsp3) is 0.400. The first-order valence-corrected chi connectivity index (χ1v) is 6.76. The maximum atomic E-state index is 12.7. The van der Waals surface area contributed by atoms with Crippen molar-refractivity contribution in [3.8, 4) is 5.75 Å². The average molecular weight is 232 g/mol. The molecule has 1 aliphatic heterocycles. The van der Waals surface area contributed by atoms with Crippen molar-refractivity contribution in [1.82, 2.24) is 0 Å². The predicted octanol–water partition coefficient (Wildman–Crippen LogP) is 3.58. The van der Waals surface area contributed by atoms with Crippen LogP contribution in [0.15, 0.2) is 18.2 Å². The smallest absolute Gasteiger partial charge is 0.376 e. The molecule has 1 aromatic rings.